The van der Waals surface area contributed by atoms with Gasteiger partial charge in [-0.15, -0.1) is 24.0 Å². The minimum atomic E-state index is 0. The summed E-state index contributed by atoms with van der Waals surface area (Å²) >= 11 is 0. The molecule has 0 aliphatic heterocycles. The Morgan fingerprint density at radius 1 is 1.23 bits per heavy atom. The number of rotatable bonds is 7. The Bertz CT molecular complexity index is 418. The minimum Gasteiger partial charge on any atom is -0.370 e. The summed E-state index contributed by atoms with van der Waals surface area (Å²) in [4.78, 5) is 8.53. The molecule has 1 aliphatic rings. The molecule has 0 unspecified atom stereocenters. The first-order valence-corrected chi connectivity index (χ1v) is 8.00. The van der Waals surface area contributed by atoms with Gasteiger partial charge in [-0.1, -0.05) is 18.9 Å². The molecule has 0 radical (unpaired) electrons. The second kappa shape index (κ2) is 11.5. The normalized spacial score (nSPS) is 15.2. The van der Waals surface area contributed by atoms with Crippen molar-refractivity contribution in [3.05, 3.63) is 24.4 Å². The van der Waals surface area contributed by atoms with Gasteiger partial charge in [0.1, 0.15) is 5.82 Å². The number of anilines is 1. The number of unbranched alkanes of at least 4 members (excludes halogenated alkanes) is 1. The van der Waals surface area contributed by atoms with Crippen molar-refractivity contribution in [2.75, 3.05) is 25.5 Å². The van der Waals surface area contributed by atoms with Crippen LogP contribution in [-0.2, 0) is 0 Å². The van der Waals surface area contributed by atoms with Crippen molar-refractivity contribution in [3.8, 4) is 0 Å². The lowest BCUT2D eigenvalue weighted by Crippen LogP contribution is -2.42. The summed E-state index contributed by atoms with van der Waals surface area (Å²) in [6.07, 6.45) is 9.27. The van der Waals surface area contributed by atoms with E-state index < -0.39 is 0 Å². The van der Waals surface area contributed by atoms with Crippen molar-refractivity contribution in [1.29, 1.82) is 0 Å². The molecule has 2 rings (SSSR count). The van der Waals surface area contributed by atoms with Gasteiger partial charge in [-0.2, -0.15) is 0 Å². The first kappa shape index (κ1) is 19.0. The Hall–Kier alpha value is -1.05. The molecule has 1 aromatic heterocycles. The molecule has 3 N–H and O–H groups in total. The van der Waals surface area contributed by atoms with Crippen LogP contribution in [0, 0.1) is 0 Å². The minimum absolute atomic E-state index is 0. The number of nitrogens with one attached hydrogen (secondary N) is 3. The highest BCUT2D eigenvalue weighted by molar-refractivity contribution is 14.0. The van der Waals surface area contributed by atoms with E-state index in [2.05, 4.69) is 25.9 Å². The second-order valence-electron chi connectivity index (χ2n) is 5.47. The lowest BCUT2D eigenvalue weighted by atomic mass is 10.2. The van der Waals surface area contributed by atoms with Gasteiger partial charge < -0.3 is 16.0 Å². The zero-order valence-electron chi connectivity index (χ0n) is 13.3. The van der Waals surface area contributed by atoms with E-state index >= 15 is 0 Å². The highest BCUT2D eigenvalue weighted by Crippen LogP contribution is 2.17. The number of nitrogens with zero attached hydrogens (tertiary/aromatic N) is 2. The molecule has 6 heteroatoms. The summed E-state index contributed by atoms with van der Waals surface area (Å²) < 4.78 is 0. The zero-order valence-corrected chi connectivity index (χ0v) is 15.7. The molecule has 0 atom stereocenters. The van der Waals surface area contributed by atoms with E-state index in [9.17, 15) is 0 Å². The highest BCUT2D eigenvalue weighted by Gasteiger charge is 2.15. The summed E-state index contributed by atoms with van der Waals surface area (Å²) in [5, 5.41) is 10.2. The van der Waals surface area contributed by atoms with Gasteiger partial charge in [0.05, 0.1) is 0 Å². The predicted octanol–water partition coefficient (Wildman–Crippen LogP) is 3.00. The van der Waals surface area contributed by atoms with Crippen LogP contribution in [0.5, 0.6) is 0 Å². The molecule has 5 nitrogen and oxygen atoms in total. The van der Waals surface area contributed by atoms with E-state index in [0.29, 0.717) is 6.04 Å². The number of hydrogen-bond donors (Lipinski definition) is 3. The van der Waals surface area contributed by atoms with Gasteiger partial charge in [0, 0.05) is 32.4 Å². The third kappa shape index (κ3) is 7.29. The van der Waals surface area contributed by atoms with Crippen molar-refractivity contribution in [2.24, 2.45) is 4.99 Å². The van der Waals surface area contributed by atoms with Crippen molar-refractivity contribution < 1.29 is 0 Å². The highest BCUT2D eigenvalue weighted by atomic mass is 127. The van der Waals surface area contributed by atoms with Crippen molar-refractivity contribution in [1.82, 2.24) is 15.6 Å². The molecule has 0 amide bonds. The van der Waals surface area contributed by atoms with Crippen molar-refractivity contribution >= 4 is 35.8 Å². The average molecular weight is 417 g/mol. The lowest BCUT2D eigenvalue weighted by molar-refractivity contribution is 0.608. The summed E-state index contributed by atoms with van der Waals surface area (Å²) in [5.74, 6) is 1.89. The molecule has 1 heterocycles. The zero-order chi connectivity index (χ0) is 14.8. The SMILES string of the molecule is CN=C(NCCCCNc1ccccn1)NC1CCCC1.I. The van der Waals surface area contributed by atoms with E-state index in [1.54, 1.807) is 0 Å². The van der Waals surface area contributed by atoms with Crippen molar-refractivity contribution in [3.63, 3.8) is 0 Å². The second-order valence-corrected chi connectivity index (χ2v) is 5.47. The van der Waals surface area contributed by atoms with Gasteiger partial charge in [-0.25, -0.2) is 4.98 Å². The maximum Gasteiger partial charge on any atom is 0.191 e. The number of aliphatic imine (C=N–C) groups is 1. The Morgan fingerprint density at radius 2 is 2.00 bits per heavy atom. The average Bonchev–Trinajstić information content (AvgIpc) is 3.03. The summed E-state index contributed by atoms with van der Waals surface area (Å²) in [5.41, 5.74) is 0. The Morgan fingerprint density at radius 3 is 2.68 bits per heavy atom. The van der Waals surface area contributed by atoms with Crippen LogP contribution in [0.4, 0.5) is 5.82 Å². The third-order valence-electron chi connectivity index (χ3n) is 3.79. The quantitative estimate of drug-likeness (QED) is 0.276. The largest absolute Gasteiger partial charge is 0.370 e. The van der Waals surface area contributed by atoms with Gasteiger partial charge in [0.25, 0.3) is 0 Å². The van der Waals surface area contributed by atoms with E-state index in [1.807, 2.05) is 31.4 Å². The third-order valence-corrected chi connectivity index (χ3v) is 3.79. The molecule has 0 spiro atoms. The molecular formula is C16H28IN5. The van der Waals surface area contributed by atoms with Crippen LogP contribution >= 0.6 is 24.0 Å². The van der Waals surface area contributed by atoms with E-state index in [0.717, 1.165) is 37.7 Å². The van der Waals surface area contributed by atoms with Gasteiger partial charge in [0.15, 0.2) is 5.96 Å². The molecule has 0 bridgehead atoms. The van der Waals surface area contributed by atoms with Crippen LogP contribution in [0.15, 0.2) is 29.4 Å². The van der Waals surface area contributed by atoms with Gasteiger partial charge >= 0.3 is 0 Å². The summed E-state index contributed by atoms with van der Waals surface area (Å²) in [6.45, 7) is 1.91. The lowest BCUT2D eigenvalue weighted by Gasteiger charge is -2.16. The topological polar surface area (TPSA) is 61.3 Å². The van der Waals surface area contributed by atoms with E-state index in [-0.39, 0.29) is 24.0 Å². The smallest absolute Gasteiger partial charge is 0.191 e. The fraction of sp³-hybridized carbons (Fsp3) is 0.625. The molecule has 22 heavy (non-hydrogen) atoms. The molecule has 124 valence electrons. The number of pyridine rings is 1. The maximum absolute atomic E-state index is 4.29. The van der Waals surface area contributed by atoms with Gasteiger partial charge in [0.2, 0.25) is 0 Å². The first-order valence-electron chi connectivity index (χ1n) is 8.00. The molecule has 1 fully saturated rings. The predicted molar refractivity (Wildman–Crippen MR) is 104 cm³/mol. The Labute approximate surface area is 150 Å². The van der Waals surface area contributed by atoms with E-state index in [4.69, 9.17) is 0 Å². The maximum atomic E-state index is 4.29. The molecule has 1 saturated carbocycles. The van der Waals surface area contributed by atoms with Crippen LogP contribution in [0.2, 0.25) is 0 Å². The summed E-state index contributed by atoms with van der Waals surface area (Å²) in [7, 11) is 1.84. The fourth-order valence-electron chi connectivity index (χ4n) is 2.60. The van der Waals surface area contributed by atoms with E-state index in [1.165, 1.54) is 25.7 Å². The molecule has 1 aliphatic carbocycles. The summed E-state index contributed by atoms with van der Waals surface area (Å²) in [6, 6.07) is 6.53. The van der Waals surface area contributed by atoms with Crippen LogP contribution in [0.1, 0.15) is 38.5 Å². The monoisotopic (exact) mass is 417 g/mol. The van der Waals surface area contributed by atoms with Crippen LogP contribution in [-0.4, -0.2) is 37.1 Å². The van der Waals surface area contributed by atoms with Gasteiger partial charge in [-0.05, 0) is 37.8 Å². The molecular weight excluding hydrogens is 389 g/mol. The van der Waals surface area contributed by atoms with Gasteiger partial charge in [-0.3, -0.25) is 4.99 Å². The molecule has 1 aromatic rings. The standard InChI is InChI=1S/C16H27N5.HI/c1-17-16(21-14-8-2-3-9-14)20-13-7-6-12-19-15-10-4-5-11-18-15;/h4-5,10-11,14H,2-3,6-9,12-13H2,1H3,(H,18,19)(H2,17,20,21);1H. The van der Waals surface area contributed by atoms with Crippen LogP contribution in [0.3, 0.4) is 0 Å². The van der Waals surface area contributed by atoms with Crippen molar-refractivity contribution in [2.45, 2.75) is 44.6 Å². The number of halogens is 1. The van der Waals surface area contributed by atoms with Crippen LogP contribution < -0.4 is 16.0 Å². The molecule has 0 aromatic carbocycles. The fourth-order valence-corrected chi connectivity index (χ4v) is 2.60. The first-order chi connectivity index (χ1) is 10.4. The number of aromatic nitrogens is 1. The Balaban J connectivity index is 0.00000242. The molecule has 0 saturated heterocycles. The van der Waals surface area contributed by atoms with Crippen LogP contribution in [0.25, 0.3) is 0 Å². The number of guanidine groups is 1. The Kier molecular flexibility index (Phi) is 9.94. The number of hydrogen-bond acceptors (Lipinski definition) is 3.